The maximum Gasteiger partial charge on any atom is 0.213 e. The van der Waals surface area contributed by atoms with Crippen molar-refractivity contribution in [1.29, 1.82) is 0 Å². The van der Waals surface area contributed by atoms with Gasteiger partial charge in [0.15, 0.2) is 0 Å². The Morgan fingerprint density at radius 1 is 1.37 bits per heavy atom. The van der Waals surface area contributed by atoms with Crippen LogP contribution in [0.3, 0.4) is 0 Å². The molecule has 0 fully saturated rings. The van der Waals surface area contributed by atoms with Gasteiger partial charge in [0, 0.05) is 18.5 Å². The minimum absolute atomic E-state index is 0.642. The number of rotatable bonds is 7. The van der Waals surface area contributed by atoms with Crippen LogP contribution in [0.15, 0.2) is 30.6 Å². The quantitative estimate of drug-likeness (QED) is 0.772. The number of methoxy groups -OCH3 is 1. The molecule has 0 radical (unpaired) electrons. The normalized spacial score (nSPS) is 10.6. The molecule has 0 bridgehead atoms. The lowest BCUT2D eigenvalue weighted by Gasteiger charge is -2.09. The number of aromatic nitrogens is 3. The predicted molar refractivity (Wildman–Crippen MR) is 74.1 cm³/mol. The third-order valence-corrected chi connectivity index (χ3v) is 2.83. The van der Waals surface area contributed by atoms with Crippen molar-refractivity contribution in [3.05, 3.63) is 42.1 Å². The fourth-order valence-corrected chi connectivity index (χ4v) is 1.86. The highest BCUT2D eigenvalue weighted by atomic mass is 16.5. The summed E-state index contributed by atoms with van der Waals surface area (Å²) in [6, 6.07) is 5.79. The molecule has 0 saturated carbocycles. The van der Waals surface area contributed by atoms with Crippen molar-refractivity contribution in [2.24, 2.45) is 0 Å². The van der Waals surface area contributed by atoms with E-state index in [9.17, 15) is 0 Å². The Hall–Kier alpha value is -1.88. The van der Waals surface area contributed by atoms with Crippen LogP contribution in [0.5, 0.6) is 5.88 Å². The van der Waals surface area contributed by atoms with Crippen molar-refractivity contribution in [3.8, 4) is 5.88 Å². The van der Waals surface area contributed by atoms with Crippen molar-refractivity contribution in [2.45, 2.75) is 26.4 Å². The summed E-state index contributed by atoms with van der Waals surface area (Å²) in [4.78, 5) is 8.78. The Bertz CT molecular complexity index is 510. The zero-order chi connectivity index (χ0) is 13.5. The summed E-state index contributed by atoms with van der Waals surface area (Å²) in [7, 11) is 1.63. The summed E-state index contributed by atoms with van der Waals surface area (Å²) >= 11 is 0. The standard InChI is InChI=1S/C14H20N4O/c1-3-7-15-10-13-16-8-9-18(13)11-12-5-4-6-14(17-12)19-2/h4-6,8-9,15H,3,7,10-11H2,1-2H3. The van der Waals surface area contributed by atoms with Crippen LogP contribution in [0, 0.1) is 0 Å². The van der Waals surface area contributed by atoms with Gasteiger partial charge < -0.3 is 14.6 Å². The maximum absolute atomic E-state index is 5.14. The average molecular weight is 260 g/mol. The van der Waals surface area contributed by atoms with E-state index < -0.39 is 0 Å². The summed E-state index contributed by atoms with van der Waals surface area (Å²) in [5.41, 5.74) is 0.967. The molecule has 0 atom stereocenters. The summed E-state index contributed by atoms with van der Waals surface area (Å²) in [5.74, 6) is 1.67. The molecule has 2 heterocycles. The van der Waals surface area contributed by atoms with Crippen molar-refractivity contribution in [1.82, 2.24) is 19.9 Å². The summed E-state index contributed by atoms with van der Waals surface area (Å²) in [6.07, 6.45) is 4.92. The van der Waals surface area contributed by atoms with Crippen molar-refractivity contribution >= 4 is 0 Å². The van der Waals surface area contributed by atoms with E-state index in [0.29, 0.717) is 12.4 Å². The first-order valence-corrected chi connectivity index (χ1v) is 6.54. The first kappa shape index (κ1) is 13.5. The van der Waals surface area contributed by atoms with E-state index in [0.717, 1.165) is 31.0 Å². The van der Waals surface area contributed by atoms with Crippen LogP contribution in [0.4, 0.5) is 0 Å². The Kier molecular flexibility index (Phi) is 4.92. The zero-order valence-electron chi connectivity index (χ0n) is 11.5. The number of ether oxygens (including phenoxy) is 1. The molecule has 0 unspecified atom stereocenters. The Labute approximate surface area is 113 Å². The summed E-state index contributed by atoms with van der Waals surface area (Å²) in [5, 5.41) is 3.36. The molecule has 0 aromatic carbocycles. The SMILES string of the molecule is CCCNCc1nccn1Cc1cccc(OC)n1. The molecule has 0 aliphatic carbocycles. The third kappa shape index (κ3) is 3.79. The third-order valence-electron chi connectivity index (χ3n) is 2.83. The van der Waals surface area contributed by atoms with Gasteiger partial charge in [-0.1, -0.05) is 13.0 Å². The van der Waals surface area contributed by atoms with E-state index in [1.165, 1.54) is 0 Å². The highest BCUT2D eigenvalue weighted by Crippen LogP contribution is 2.09. The molecule has 5 nitrogen and oxygen atoms in total. The second-order valence-corrected chi connectivity index (χ2v) is 4.32. The van der Waals surface area contributed by atoms with Gasteiger partial charge in [0.05, 0.1) is 25.9 Å². The molecule has 2 aromatic rings. The van der Waals surface area contributed by atoms with Gasteiger partial charge in [0.1, 0.15) is 5.82 Å². The van der Waals surface area contributed by atoms with Gasteiger partial charge in [-0.15, -0.1) is 0 Å². The van der Waals surface area contributed by atoms with Crippen molar-refractivity contribution in [3.63, 3.8) is 0 Å². The first-order chi connectivity index (χ1) is 9.33. The second kappa shape index (κ2) is 6.89. The van der Waals surface area contributed by atoms with Crippen LogP contribution in [-0.4, -0.2) is 28.2 Å². The molecule has 0 aliphatic heterocycles. The van der Waals surface area contributed by atoms with Gasteiger partial charge in [0.2, 0.25) is 5.88 Å². The molecular weight excluding hydrogens is 240 g/mol. The fourth-order valence-electron chi connectivity index (χ4n) is 1.86. The number of pyridine rings is 1. The minimum atomic E-state index is 0.642. The number of nitrogens with one attached hydrogen (secondary N) is 1. The molecule has 2 rings (SSSR count). The average Bonchev–Trinajstić information content (AvgIpc) is 2.87. The molecule has 102 valence electrons. The molecule has 2 aromatic heterocycles. The lowest BCUT2D eigenvalue weighted by Crippen LogP contribution is -2.18. The molecule has 0 amide bonds. The molecule has 0 saturated heterocycles. The minimum Gasteiger partial charge on any atom is -0.481 e. The largest absolute Gasteiger partial charge is 0.481 e. The molecule has 5 heteroatoms. The van der Waals surface area contributed by atoms with E-state index in [4.69, 9.17) is 4.74 Å². The van der Waals surface area contributed by atoms with Crippen LogP contribution >= 0.6 is 0 Å². The van der Waals surface area contributed by atoms with E-state index in [2.05, 4.69) is 26.8 Å². The number of hydrogen-bond donors (Lipinski definition) is 1. The smallest absolute Gasteiger partial charge is 0.213 e. The van der Waals surface area contributed by atoms with Crippen LogP contribution < -0.4 is 10.1 Å². The predicted octanol–water partition coefficient (Wildman–Crippen LogP) is 1.83. The van der Waals surface area contributed by atoms with Gasteiger partial charge in [-0.25, -0.2) is 9.97 Å². The maximum atomic E-state index is 5.14. The molecule has 0 spiro atoms. The van der Waals surface area contributed by atoms with Crippen molar-refractivity contribution in [2.75, 3.05) is 13.7 Å². The summed E-state index contributed by atoms with van der Waals surface area (Å²) < 4.78 is 7.24. The molecular formula is C14H20N4O. The topological polar surface area (TPSA) is 52.0 Å². The fraction of sp³-hybridized carbons (Fsp3) is 0.429. The van der Waals surface area contributed by atoms with Gasteiger partial charge in [-0.05, 0) is 19.0 Å². The van der Waals surface area contributed by atoms with E-state index >= 15 is 0 Å². The Balaban J connectivity index is 2.03. The summed E-state index contributed by atoms with van der Waals surface area (Å²) in [6.45, 7) is 4.65. The highest BCUT2D eigenvalue weighted by Gasteiger charge is 2.04. The van der Waals surface area contributed by atoms with Gasteiger partial charge in [0.25, 0.3) is 0 Å². The van der Waals surface area contributed by atoms with Gasteiger partial charge >= 0.3 is 0 Å². The van der Waals surface area contributed by atoms with Crippen LogP contribution in [0.1, 0.15) is 24.9 Å². The molecule has 19 heavy (non-hydrogen) atoms. The van der Waals surface area contributed by atoms with E-state index in [-0.39, 0.29) is 0 Å². The van der Waals surface area contributed by atoms with Crippen molar-refractivity contribution < 1.29 is 4.74 Å². The second-order valence-electron chi connectivity index (χ2n) is 4.32. The lowest BCUT2D eigenvalue weighted by atomic mass is 10.3. The van der Waals surface area contributed by atoms with Crippen LogP contribution in [0.2, 0.25) is 0 Å². The first-order valence-electron chi connectivity index (χ1n) is 6.54. The monoisotopic (exact) mass is 260 g/mol. The Morgan fingerprint density at radius 3 is 3.05 bits per heavy atom. The van der Waals surface area contributed by atoms with E-state index in [1.807, 2.05) is 30.6 Å². The molecule has 0 aliphatic rings. The van der Waals surface area contributed by atoms with E-state index in [1.54, 1.807) is 7.11 Å². The zero-order valence-corrected chi connectivity index (χ0v) is 11.5. The van der Waals surface area contributed by atoms with Crippen LogP contribution in [-0.2, 0) is 13.1 Å². The lowest BCUT2D eigenvalue weighted by molar-refractivity contribution is 0.395. The highest BCUT2D eigenvalue weighted by molar-refractivity contribution is 5.16. The molecule has 1 N–H and O–H groups in total. The number of imidazole rings is 1. The Morgan fingerprint density at radius 2 is 2.26 bits per heavy atom. The van der Waals surface area contributed by atoms with Gasteiger partial charge in [-0.2, -0.15) is 0 Å². The van der Waals surface area contributed by atoms with Gasteiger partial charge in [-0.3, -0.25) is 0 Å². The number of hydrogen-bond acceptors (Lipinski definition) is 4. The van der Waals surface area contributed by atoms with Crippen LogP contribution in [0.25, 0.3) is 0 Å². The number of nitrogens with zero attached hydrogens (tertiary/aromatic N) is 3.